The normalized spacial score (nSPS) is 10.9. The number of rotatable bonds is 1. The zero-order valence-corrected chi connectivity index (χ0v) is 7.68. The lowest BCUT2D eigenvalue weighted by molar-refractivity contribution is 0.918. The molecule has 2 aromatic rings. The molecule has 0 aliphatic carbocycles. The highest BCUT2D eigenvalue weighted by molar-refractivity contribution is 7.92. The van der Waals surface area contributed by atoms with Crippen molar-refractivity contribution in [3.8, 4) is 0 Å². The Kier molecular flexibility index (Phi) is 1.84. The molecule has 0 unspecified atom stereocenters. The van der Waals surface area contributed by atoms with Crippen LogP contribution in [-0.2, 0) is 0 Å². The highest BCUT2D eigenvalue weighted by atomic mass is 32.2. The van der Waals surface area contributed by atoms with Crippen molar-refractivity contribution < 1.29 is 3.89 Å². The number of hydrogen-bond acceptors (Lipinski definition) is 4. The molecule has 0 spiro atoms. The van der Waals surface area contributed by atoms with Crippen LogP contribution in [0.3, 0.4) is 0 Å². The van der Waals surface area contributed by atoms with E-state index in [-0.39, 0.29) is 12.3 Å². The van der Waals surface area contributed by atoms with E-state index >= 15 is 0 Å². The van der Waals surface area contributed by atoms with Crippen molar-refractivity contribution in [2.75, 3.05) is 5.73 Å². The summed E-state index contributed by atoms with van der Waals surface area (Å²) in [4.78, 5) is 7.78. The summed E-state index contributed by atoms with van der Waals surface area (Å²) in [5, 5.41) is 0.715. The van der Waals surface area contributed by atoms with Crippen LogP contribution in [0, 0.1) is 6.92 Å². The summed E-state index contributed by atoms with van der Waals surface area (Å²) in [5.74, 6) is 0.385. The van der Waals surface area contributed by atoms with E-state index in [2.05, 4.69) is 9.97 Å². The lowest BCUT2D eigenvalue weighted by Gasteiger charge is -1.96. The number of aryl methyl sites for hydroxylation is 1. The zero-order chi connectivity index (χ0) is 9.42. The molecule has 4 nitrogen and oxygen atoms in total. The number of aromatic nitrogens is 3. The van der Waals surface area contributed by atoms with Crippen molar-refractivity contribution in [1.82, 2.24) is 13.9 Å². The fourth-order valence-corrected chi connectivity index (χ4v) is 1.69. The van der Waals surface area contributed by atoms with Crippen LogP contribution in [0.2, 0.25) is 0 Å². The summed E-state index contributed by atoms with van der Waals surface area (Å²) in [5.41, 5.74) is 7.01. The largest absolute Gasteiger partial charge is 0.383 e. The molecule has 2 aromatic heterocycles. The molecule has 0 aliphatic heterocycles. The standard InChI is InChI=1S/C7H7FN4S/c1-4-2-12(13-8)7-5(4)6(9)10-3-11-7/h2-3H,1H3,(H2,9,10,11). The second kappa shape index (κ2) is 2.88. The Morgan fingerprint density at radius 3 is 3.00 bits per heavy atom. The molecule has 13 heavy (non-hydrogen) atoms. The third-order valence-electron chi connectivity index (χ3n) is 1.84. The highest BCUT2D eigenvalue weighted by Gasteiger charge is 2.10. The van der Waals surface area contributed by atoms with Crippen LogP contribution in [0.25, 0.3) is 11.0 Å². The van der Waals surface area contributed by atoms with Crippen molar-refractivity contribution in [1.29, 1.82) is 0 Å². The zero-order valence-electron chi connectivity index (χ0n) is 6.86. The predicted octanol–water partition coefficient (Wildman–Crippen LogP) is 1.70. The molecule has 0 saturated carbocycles. The summed E-state index contributed by atoms with van der Waals surface area (Å²) in [6, 6.07) is 0. The number of hydrogen-bond donors (Lipinski definition) is 1. The van der Waals surface area contributed by atoms with E-state index in [0.29, 0.717) is 16.9 Å². The summed E-state index contributed by atoms with van der Waals surface area (Å²) in [7, 11) is 0. The molecule has 2 rings (SSSR count). The third-order valence-corrected chi connectivity index (χ3v) is 2.27. The Balaban J connectivity index is 2.87. The molecule has 2 heterocycles. The van der Waals surface area contributed by atoms with Crippen molar-refractivity contribution in [2.45, 2.75) is 6.92 Å². The van der Waals surface area contributed by atoms with Gasteiger partial charge in [-0.15, -0.1) is 3.89 Å². The van der Waals surface area contributed by atoms with Gasteiger partial charge in [-0.1, -0.05) is 0 Å². The van der Waals surface area contributed by atoms with Gasteiger partial charge in [-0.3, -0.25) is 0 Å². The highest BCUT2D eigenvalue weighted by Crippen LogP contribution is 2.26. The van der Waals surface area contributed by atoms with Gasteiger partial charge in [0, 0.05) is 6.20 Å². The number of fused-ring (bicyclic) bond motifs is 1. The van der Waals surface area contributed by atoms with Crippen molar-refractivity contribution in [3.63, 3.8) is 0 Å². The molecule has 0 fully saturated rings. The maximum Gasteiger partial charge on any atom is 0.171 e. The summed E-state index contributed by atoms with van der Waals surface area (Å²) < 4.78 is 13.7. The van der Waals surface area contributed by atoms with E-state index in [9.17, 15) is 3.89 Å². The smallest absolute Gasteiger partial charge is 0.171 e. The van der Waals surface area contributed by atoms with Gasteiger partial charge in [0.25, 0.3) is 0 Å². The van der Waals surface area contributed by atoms with Crippen LogP contribution in [0.1, 0.15) is 5.56 Å². The first-order valence-electron chi connectivity index (χ1n) is 3.61. The molecular weight excluding hydrogens is 191 g/mol. The van der Waals surface area contributed by atoms with Crippen LogP contribution in [0.4, 0.5) is 9.70 Å². The number of halogens is 1. The van der Waals surface area contributed by atoms with Gasteiger partial charge in [0.05, 0.1) is 5.39 Å². The van der Waals surface area contributed by atoms with E-state index in [0.717, 1.165) is 5.56 Å². The van der Waals surface area contributed by atoms with Gasteiger partial charge >= 0.3 is 0 Å². The van der Waals surface area contributed by atoms with Crippen LogP contribution >= 0.6 is 12.3 Å². The second-order valence-corrected chi connectivity index (χ2v) is 3.20. The number of nitrogens with two attached hydrogens (primary N) is 1. The van der Waals surface area contributed by atoms with Crippen LogP contribution in [-0.4, -0.2) is 13.9 Å². The molecule has 0 bridgehead atoms. The predicted molar refractivity (Wildman–Crippen MR) is 50.8 cm³/mol. The van der Waals surface area contributed by atoms with Crippen LogP contribution in [0.15, 0.2) is 12.5 Å². The van der Waals surface area contributed by atoms with Gasteiger partial charge in [0.15, 0.2) is 18.0 Å². The number of nitrogen functional groups attached to an aromatic ring is 1. The number of nitrogens with zero attached hydrogens (tertiary/aromatic N) is 3. The molecular formula is C7H7FN4S. The van der Waals surface area contributed by atoms with E-state index in [1.165, 1.54) is 10.3 Å². The van der Waals surface area contributed by atoms with E-state index in [1.807, 2.05) is 6.92 Å². The Bertz CT molecular complexity index is 453. The second-order valence-electron chi connectivity index (χ2n) is 2.66. The summed E-state index contributed by atoms with van der Waals surface area (Å²) >= 11 is 0.0987. The Labute approximate surface area is 78.4 Å². The first kappa shape index (κ1) is 8.31. The molecule has 68 valence electrons. The molecule has 0 aromatic carbocycles. The molecule has 0 saturated heterocycles. The summed E-state index contributed by atoms with van der Waals surface area (Å²) in [6.45, 7) is 1.84. The van der Waals surface area contributed by atoms with E-state index in [1.54, 1.807) is 6.20 Å². The summed E-state index contributed by atoms with van der Waals surface area (Å²) in [6.07, 6.45) is 2.96. The molecule has 6 heteroatoms. The molecule has 0 amide bonds. The molecule has 0 aliphatic rings. The fraction of sp³-hybridized carbons (Fsp3) is 0.143. The SMILES string of the molecule is Cc1cn(SF)c2ncnc(N)c12. The first-order chi connectivity index (χ1) is 6.24. The van der Waals surface area contributed by atoms with Gasteiger partial charge in [0.2, 0.25) is 0 Å². The maximum atomic E-state index is 12.4. The van der Waals surface area contributed by atoms with Crippen LogP contribution < -0.4 is 5.73 Å². The average molecular weight is 198 g/mol. The first-order valence-corrected chi connectivity index (χ1v) is 4.28. The maximum absolute atomic E-state index is 12.4. The monoisotopic (exact) mass is 198 g/mol. The lowest BCUT2D eigenvalue weighted by atomic mass is 10.2. The van der Waals surface area contributed by atoms with Gasteiger partial charge in [-0.25, -0.2) is 13.9 Å². The quantitative estimate of drug-likeness (QED) is 0.757. The minimum atomic E-state index is 0.0987. The minimum absolute atomic E-state index is 0.0987. The Morgan fingerprint density at radius 2 is 2.31 bits per heavy atom. The topological polar surface area (TPSA) is 56.7 Å². The Hall–Kier alpha value is -1.30. The van der Waals surface area contributed by atoms with Crippen molar-refractivity contribution in [2.24, 2.45) is 0 Å². The van der Waals surface area contributed by atoms with Crippen molar-refractivity contribution >= 4 is 29.2 Å². The third kappa shape index (κ3) is 1.14. The van der Waals surface area contributed by atoms with Crippen molar-refractivity contribution in [3.05, 3.63) is 18.1 Å². The molecule has 0 atom stereocenters. The van der Waals surface area contributed by atoms with Gasteiger partial charge in [-0.05, 0) is 12.5 Å². The average Bonchev–Trinajstić information content (AvgIpc) is 2.44. The van der Waals surface area contributed by atoms with Gasteiger partial charge in [0.1, 0.15) is 12.1 Å². The molecule has 0 radical (unpaired) electrons. The Morgan fingerprint density at radius 1 is 1.54 bits per heavy atom. The van der Waals surface area contributed by atoms with Gasteiger partial charge < -0.3 is 5.73 Å². The number of anilines is 1. The fourth-order valence-electron chi connectivity index (χ4n) is 1.29. The molecule has 2 N–H and O–H groups in total. The van der Waals surface area contributed by atoms with Gasteiger partial charge in [-0.2, -0.15) is 0 Å². The lowest BCUT2D eigenvalue weighted by Crippen LogP contribution is -1.93. The minimum Gasteiger partial charge on any atom is -0.383 e. The van der Waals surface area contributed by atoms with Crippen LogP contribution in [0.5, 0.6) is 0 Å². The van der Waals surface area contributed by atoms with E-state index in [4.69, 9.17) is 5.73 Å². The van der Waals surface area contributed by atoms with E-state index < -0.39 is 0 Å².